The van der Waals surface area contributed by atoms with Gasteiger partial charge in [0.2, 0.25) is 0 Å². The van der Waals surface area contributed by atoms with E-state index >= 15 is 0 Å². The van der Waals surface area contributed by atoms with Crippen LogP contribution in [0.4, 0.5) is 11.4 Å². The number of nitrogens with one attached hydrogen (secondary N) is 1. The molecule has 0 amide bonds. The van der Waals surface area contributed by atoms with E-state index in [2.05, 4.69) is 34.1 Å². The minimum Gasteiger partial charge on any atom is -0.397 e. The summed E-state index contributed by atoms with van der Waals surface area (Å²) in [5.41, 5.74) is 9.88. The van der Waals surface area contributed by atoms with Crippen molar-refractivity contribution in [2.24, 2.45) is 0 Å². The predicted molar refractivity (Wildman–Crippen MR) is 82.5 cm³/mol. The quantitative estimate of drug-likeness (QED) is 0.705. The second-order valence-electron chi connectivity index (χ2n) is 4.52. The van der Waals surface area contributed by atoms with Crippen LogP contribution in [0.15, 0.2) is 47.3 Å². The molecule has 3 N–H and O–H groups in total. The number of rotatable bonds is 3. The lowest BCUT2D eigenvalue weighted by molar-refractivity contribution is 0.892. The molecule has 3 aromatic rings. The standard InChI is InChI=1S/C15H15N3S/c1-10(11-6-8-19-9-11)18-14-5-7-17-15-12(14)3-2-4-13(15)16/h2-10H,16H2,1H3,(H,17,18). The van der Waals surface area contributed by atoms with Gasteiger partial charge >= 0.3 is 0 Å². The third kappa shape index (κ3) is 2.27. The molecule has 3 nitrogen and oxygen atoms in total. The molecule has 2 heterocycles. The van der Waals surface area contributed by atoms with E-state index in [1.54, 1.807) is 17.5 Å². The normalized spacial score (nSPS) is 12.5. The molecule has 0 bridgehead atoms. The maximum Gasteiger partial charge on any atom is 0.0951 e. The molecular weight excluding hydrogens is 254 g/mol. The molecule has 0 aliphatic heterocycles. The van der Waals surface area contributed by atoms with Crippen LogP contribution in [0.3, 0.4) is 0 Å². The summed E-state index contributed by atoms with van der Waals surface area (Å²) in [7, 11) is 0. The summed E-state index contributed by atoms with van der Waals surface area (Å²) in [6.45, 7) is 2.15. The van der Waals surface area contributed by atoms with E-state index in [-0.39, 0.29) is 6.04 Å². The van der Waals surface area contributed by atoms with Gasteiger partial charge in [0, 0.05) is 23.3 Å². The molecule has 4 heteroatoms. The van der Waals surface area contributed by atoms with Crippen LogP contribution in [0.2, 0.25) is 0 Å². The fourth-order valence-corrected chi connectivity index (χ4v) is 2.92. The highest BCUT2D eigenvalue weighted by Crippen LogP contribution is 2.28. The lowest BCUT2D eigenvalue weighted by Crippen LogP contribution is -2.06. The Balaban J connectivity index is 1.99. The zero-order chi connectivity index (χ0) is 13.2. The summed E-state index contributed by atoms with van der Waals surface area (Å²) in [4.78, 5) is 4.35. The van der Waals surface area contributed by atoms with Gasteiger partial charge in [-0.25, -0.2) is 0 Å². The van der Waals surface area contributed by atoms with E-state index in [0.717, 1.165) is 16.6 Å². The molecule has 0 saturated heterocycles. The zero-order valence-corrected chi connectivity index (χ0v) is 11.4. The largest absolute Gasteiger partial charge is 0.397 e. The molecule has 1 atom stereocenters. The summed E-state index contributed by atoms with van der Waals surface area (Å²) in [6, 6.07) is 10.3. The van der Waals surface area contributed by atoms with Crippen molar-refractivity contribution in [3.05, 3.63) is 52.9 Å². The van der Waals surface area contributed by atoms with E-state index in [9.17, 15) is 0 Å². The molecule has 1 aromatic carbocycles. The predicted octanol–water partition coefficient (Wildman–Crippen LogP) is 4.05. The van der Waals surface area contributed by atoms with Crippen LogP contribution in [0.25, 0.3) is 10.9 Å². The number of hydrogen-bond donors (Lipinski definition) is 2. The van der Waals surface area contributed by atoms with Crippen LogP contribution in [0.1, 0.15) is 18.5 Å². The monoisotopic (exact) mass is 269 g/mol. The number of nitrogens with two attached hydrogens (primary N) is 1. The average Bonchev–Trinajstić information content (AvgIpc) is 2.94. The number of fused-ring (bicyclic) bond motifs is 1. The number of hydrogen-bond acceptors (Lipinski definition) is 4. The Bertz CT molecular complexity index is 692. The molecule has 0 fully saturated rings. The van der Waals surface area contributed by atoms with Gasteiger partial charge in [0.15, 0.2) is 0 Å². The zero-order valence-electron chi connectivity index (χ0n) is 10.6. The highest BCUT2D eigenvalue weighted by Gasteiger charge is 2.09. The van der Waals surface area contributed by atoms with Gasteiger partial charge in [0.25, 0.3) is 0 Å². The number of pyridine rings is 1. The Labute approximate surface area is 116 Å². The number of thiophene rings is 1. The van der Waals surface area contributed by atoms with Crippen molar-refractivity contribution < 1.29 is 0 Å². The summed E-state index contributed by atoms with van der Waals surface area (Å²) < 4.78 is 0. The van der Waals surface area contributed by atoms with E-state index in [1.165, 1.54) is 5.56 Å². The smallest absolute Gasteiger partial charge is 0.0951 e. The minimum atomic E-state index is 0.262. The van der Waals surface area contributed by atoms with Gasteiger partial charge in [-0.15, -0.1) is 0 Å². The molecule has 3 rings (SSSR count). The third-order valence-corrected chi connectivity index (χ3v) is 3.92. The van der Waals surface area contributed by atoms with Gasteiger partial charge < -0.3 is 11.1 Å². The van der Waals surface area contributed by atoms with Gasteiger partial charge in [0.05, 0.1) is 11.2 Å². The Hall–Kier alpha value is -2.07. The van der Waals surface area contributed by atoms with Gasteiger partial charge in [-0.1, -0.05) is 12.1 Å². The van der Waals surface area contributed by atoms with Crippen molar-refractivity contribution in [2.45, 2.75) is 13.0 Å². The number of benzene rings is 1. The maximum atomic E-state index is 5.96. The molecule has 0 spiro atoms. The molecular formula is C15H15N3S. The fraction of sp³-hybridized carbons (Fsp3) is 0.133. The van der Waals surface area contributed by atoms with Gasteiger partial charge in [-0.2, -0.15) is 11.3 Å². The van der Waals surface area contributed by atoms with Gasteiger partial charge in [0.1, 0.15) is 0 Å². The summed E-state index contributed by atoms with van der Waals surface area (Å²) in [5.74, 6) is 0. The highest BCUT2D eigenvalue weighted by atomic mass is 32.1. The van der Waals surface area contributed by atoms with Crippen LogP contribution in [0, 0.1) is 0 Å². The van der Waals surface area contributed by atoms with Gasteiger partial charge in [-0.05, 0) is 41.4 Å². The van der Waals surface area contributed by atoms with Gasteiger partial charge in [-0.3, -0.25) is 4.98 Å². The number of aromatic nitrogens is 1. The Kier molecular flexibility index (Phi) is 3.09. The van der Waals surface area contributed by atoms with Crippen LogP contribution >= 0.6 is 11.3 Å². The lowest BCUT2D eigenvalue weighted by Gasteiger charge is -2.16. The molecule has 1 unspecified atom stereocenters. The van der Waals surface area contributed by atoms with Crippen molar-refractivity contribution in [1.29, 1.82) is 0 Å². The summed E-state index contributed by atoms with van der Waals surface area (Å²) >= 11 is 1.71. The molecule has 0 saturated carbocycles. The molecule has 96 valence electrons. The van der Waals surface area contributed by atoms with Crippen molar-refractivity contribution in [1.82, 2.24) is 4.98 Å². The molecule has 2 aromatic heterocycles. The second-order valence-corrected chi connectivity index (χ2v) is 5.30. The Morgan fingerprint density at radius 3 is 2.95 bits per heavy atom. The van der Waals surface area contributed by atoms with Crippen LogP contribution in [-0.2, 0) is 0 Å². The first-order chi connectivity index (χ1) is 9.25. The van der Waals surface area contributed by atoms with E-state index in [0.29, 0.717) is 5.69 Å². The number of nitrogen functional groups attached to an aromatic ring is 1. The average molecular weight is 269 g/mol. The summed E-state index contributed by atoms with van der Waals surface area (Å²) in [6.07, 6.45) is 1.79. The number of nitrogens with zero attached hydrogens (tertiary/aromatic N) is 1. The Morgan fingerprint density at radius 2 is 2.16 bits per heavy atom. The van der Waals surface area contributed by atoms with Crippen LogP contribution in [0.5, 0.6) is 0 Å². The number of para-hydroxylation sites is 1. The van der Waals surface area contributed by atoms with Crippen molar-refractivity contribution >= 4 is 33.6 Å². The van der Waals surface area contributed by atoms with E-state index in [1.807, 2.05) is 24.3 Å². The SMILES string of the molecule is CC(Nc1ccnc2c(N)cccc12)c1ccsc1. The van der Waals surface area contributed by atoms with Crippen molar-refractivity contribution in [2.75, 3.05) is 11.1 Å². The third-order valence-electron chi connectivity index (χ3n) is 3.22. The molecule has 19 heavy (non-hydrogen) atoms. The fourth-order valence-electron chi connectivity index (χ4n) is 2.16. The first-order valence-electron chi connectivity index (χ1n) is 6.17. The minimum absolute atomic E-state index is 0.262. The highest BCUT2D eigenvalue weighted by molar-refractivity contribution is 7.08. The number of anilines is 2. The van der Waals surface area contributed by atoms with Crippen molar-refractivity contribution in [3.63, 3.8) is 0 Å². The summed E-state index contributed by atoms with van der Waals surface area (Å²) in [5, 5.41) is 8.84. The first kappa shape index (κ1) is 12.0. The maximum absolute atomic E-state index is 5.96. The van der Waals surface area contributed by atoms with Crippen LogP contribution in [-0.4, -0.2) is 4.98 Å². The molecule has 0 aliphatic rings. The Morgan fingerprint density at radius 1 is 1.26 bits per heavy atom. The van der Waals surface area contributed by atoms with E-state index in [4.69, 9.17) is 5.73 Å². The topological polar surface area (TPSA) is 50.9 Å². The second kappa shape index (κ2) is 4.90. The molecule has 0 radical (unpaired) electrons. The first-order valence-corrected chi connectivity index (χ1v) is 7.12. The van der Waals surface area contributed by atoms with E-state index < -0.39 is 0 Å². The molecule has 0 aliphatic carbocycles. The lowest BCUT2D eigenvalue weighted by atomic mass is 10.1. The van der Waals surface area contributed by atoms with Crippen molar-refractivity contribution in [3.8, 4) is 0 Å². The van der Waals surface area contributed by atoms with Crippen LogP contribution < -0.4 is 11.1 Å².